The van der Waals surface area contributed by atoms with Gasteiger partial charge in [0.25, 0.3) is 5.22 Å². The first-order valence-corrected chi connectivity index (χ1v) is 9.83. The molecule has 0 aliphatic heterocycles. The molecule has 0 saturated carbocycles. The van der Waals surface area contributed by atoms with Crippen LogP contribution >= 0.6 is 11.8 Å². The zero-order chi connectivity index (χ0) is 19.2. The lowest BCUT2D eigenvalue weighted by Gasteiger charge is -2.12. The molecule has 0 radical (unpaired) electrons. The molecule has 3 aromatic rings. The van der Waals surface area contributed by atoms with E-state index in [9.17, 15) is 4.79 Å². The molecule has 5 nitrogen and oxygen atoms in total. The molecule has 1 aromatic heterocycles. The van der Waals surface area contributed by atoms with Gasteiger partial charge < -0.3 is 9.73 Å². The van der Waals surface area contributed by atoms with Crippen molar-refractivity contribution >= 4 is 17.7 Å². The highest BCUT2D eigenvalue weighted by atomic mass is 32.2. The van der Waals surface area contributed by atoms with E-state index in [2.05, 4.69) is 21.6 Å². The number of carbonyl (C=O) groups excluding carboxylic acids is 1. The van der Waals surface area contributed by atoms with E-state index < -0.39 is 0 Å². The lowest BCUT2D eigenvalue weighted by molar-refractivity contribution is -0.120. The second kappa shape index (κ2) is 8.86. The normalized spacial score (nSPS) is 12.0. The maximum Gasteiger partial charge on any atom is 0.277 e. The largest absolute Gasteiger partial charge is 0.411 e. The fraction of sp³-hybridized carbons (Fsp3) is 0.286. The molecule has 140 valence electrons. The van der Waals surface area contributed by atoms with Crippen LogP contribution in [0.1, 0.15) is 30.0 Å². The van der Waals surface area contributed by atoms with Crippen LogP contribution in [0.2, 0.25) is 0 Å². The van der Waals surface area contributed by atoms with Crippen LogP contribution in [0, 0.1) is 13.8 Å². The molecule has 1 heterocycles. The molecule has 6 heteroatoms. The lowest BCUT2D eigenvalue weighted by Crippen LogP contribution is -2.31. The van der Waals surface area contributed by atoms with E-state index >= 15 is 0 Å². The van der Waals surface area contributed by atoms with Crippen LogP contribution in [0.3, 0.4) is 0 Å². The summed E-state index contributed by atoms with van der Waals surface area (Å²) in [5.74, 6) is 0.446. The van der Waals surface area contributed by atoms with Gasteiger partial charge in [-0.25, -0.2) is 0 Å². The van der Waals surface area contributed by atoms with Crippen LogP contribution in [-0.4, -0.2) is 21.4 Å². The number of aromatic nitrogens is 2. The van der Waals surface area contributed by atoms with Crippen molar-refractivity contribution in [3.05, 3.63) is 65.2 Å². The fourth-order valence-corrected chi connectivity index (χ4v) is 3.63. The first kappa shape index (κ1) is 19.2. The van der Waals surface area contributed by atoms with Crippen molar-refractivity contribution in [2.45, 2.75) is 44.2 Å². The highest BCUT2D eigenvalue weighted by molar-refractivity contribution is 8.00. The number of nitrogens with zero attached hydrogens (tertiary/aromatic N) is 2. The fourth-order valence-electron chi connectivity index (χ4n) is 2.82. The Morgan fingerprint density at radius 2 is 1.81 bits per heavy atom. The summed E-state index contributed by atoms with van der Waals surface area (Å²) >= 11 is 1.30. The molecule has 1 unspecified atom stereocenters. The van der Waals surface area contributed by atoms with Gasteiger partial charge in [0.05, 0.1) is 5.25 Å². The first-order chi connectivity index (χ1) is 13.0. The number of benzene rings is 2. The van der Waals surface area contributed by atoms with Gasteiger partial charge in [0, 0.05) is 12.1 Å². The van der Waals surface area contributed by atoms with Crippen LogP contribution in [-0.2, 0) is 11.3 Å². The van der Waals surface area contributed by atoms with E-state index in [1.807, 2.05) is 63.2 Å². The van der Waals surface area contributed by atoms with Crippen LogP contribution in [0.15, 0.2) is 58.2 Å². The average molecular weight is 382 g/mol. The van der Waals surface area contributed by atoms with Crippen molar-refractivity contribution in [3.8, 4) is 11.5 Å². The van der Waals surface area contributed by atoms with Crippen molar-refractivity contribution in [1.29, 1.82) is 0 Å². The van der Waals surface area contributed by atoms with E-state index in [1.54, 1.807) is 0 Å². The Morgan fingerprint density at radius 3 is 2.48 bits per heavy atom. The highest BCUT2D eigenvalue weighted by Gasteiger charge is 2.21. The quantitative estimate of drug-likeness (QED) is 0.609. The molecule has 3 rings (SSSR count). The second-order valence-electron chi connectivity index (χ2n) is 6.47. The standard InChI is InChI=1S/C21H23N3O2S/c1-4-18(19(25)22-13-16-8-6-5-7-9-16)27-21-24-23-20(26-21)17-11-14(2)10-15(3)12-17/h5-12,18H,4,13H2,1-3H3,(H,22,25). The second-order valence-corrected chi connectivity index (χ2v) is 7.62. The van der Waals surface area contributed by atoms with Crippen molar-refractivity contribution < 1.29 is 9.21 Å². The molecule has 0 bridgehead atoms. The molecular weight excluding hydrogens is 358 g/mol. The summed E-state index contributed by atoms with van der Waals surface area (Å²) in [7, 11) is 0. The zero-order valence-electron chi connectivity index (χ0n) is 15.7. The van der Waals surface area contributed by atoms with Gasteiger partial charge in [0.15, 0.2) is 0 Å². The van der Waals surface area contributed by atoms with E-state index in [0.29, 0.717) is 24.1 Å². The lowest BCUT2D eigenvalue weighted by atomic mass is 10.1. The van der Waals surface area contributed by atoms with Gasteiger partial charge >= 0.3 is 0 Å². The van der Waals surface area contributed by atoms with Gasteiger partial charge in [-0.05, 0) is 38.0 Å². The summed E-state index contributed by atoms with van der Waals surface area (Å²) < 4.78 is 5.79. The number of aryl methyl sites for hydroxylation is 2. The Hall–Kier alpha value is -2.60. The summed E-state index contributed by atoms with van der Waals surface area (Å²) in [4.78, 5) is 12.5. The zero-order valence-corrected chi connectivity index (χ0v) is 16.5. The van der Waals surface area contributed by atoms with Crippen LogP contribution in [0.4, 0.5) is 0 Å². The van der Waals surface area contributed by atoms with E-state index in [0.717, 1.165) is 22.3 Å². The number of rotatable bonds is 7. The SMILES string of the molecule is CCC(Sc1nnc(-c2cc(C)cc(C)c2)o1)C(=O)NCc1ccccc1. The number of hydrogen-bond donors (Lipinski definition) is 1. The van der Waals surface area contributed by atoms with Gasteiger partial charge in [0.2, 0.25) is 11.8 Å². The van der Waals surface area contributed by atoms with Crippen molar-refractivity contribution in [3.63, 3.8) is 0 Å². The summed E-state index contributed by atoms with van der Waals surface area (Å²) in [6.07, 6.45) is 0.673. The third kappa shape index (κ3) is 5.20. The summed E-state index contributed by atoms with van der Waals surface area (Å²) in [5.41, 5.74) is 4.25. The van der Waals surface area contributed by atoms with Crippen molar-refractivity contribution in [1.82, 2.24) is 15.5 Å². The van der Waals surface area contributed by atoms with Gasteiger partial charge in [-0.2, -0.15) is 0 Å². The minimum atomic E-state index is -0.277. The Balaban J connectivity index is 1.64. The van der Waals surface area contributed by atoms with E-state index in [-0.39, 0.29) is 11.2 Å². The van der Waals surface area contributed by atoms with Gasteiger partial charge in [-0.1, -0.05) is 66.2 Å². The molecule has 0 spiro atoms. The van der Waals surface area contributed by atoms with Gasteiger partial charge in [-0.15, -0.1) is 10.2 Å². The predicted molar refractivity (Wildman–Crippen MR) is 107 cm³/mol. The minimum absolute atomic E-state index is 0.0301. The van der Waals surface area contributed by atoms with E-state index in [4.69, 9.17) is 4.42 Å². The first-order valence-electron chi connectivity index (χ1n) is 8.95. The molecule has 1 N–H and O–H groups in total. The Kier molecular flexibility index (Phi) is 6.29. The predicted octanol–water partition coefficient (Wildman–Crippen LogP) is 4.54. The molecule has 1 amide bonds. The number of thioether (sulfide) groups is 1. The summed E-state index contributed by atoms with van der Waals surface area (Å²) in [6, 6.07) is 16.0. The van der Waals surface area contributed by atoms with Crippen molar-refractivity contribution in [2.24, 2.45) is 0 Å². The Bertz CT molecular complexity index is 889. The minimum Gasteiger partial charge on any atom is -0.411 e. The van der Waals surface area contributed by atoms with Crippen molar-refractivity contribution in [2.75, 3.05) is 0 Å². The maximum absolute atomic E-state index is 12.5. The van der Waals surface area contributed by atoms with Gasteiger partial charge in [0.1, 0.15) is 0 Å². The molecule has 0 aliphatic rings. The van der Waals surface area contributed by atoms with Crippen LogP contribution in [0.25, 0.3) is 11.5 Å². The highest BCUT2D eigenvalue weighted by Crippen LogP contribution is 2.28. The number of nitrogens with one attached hydrogen (secondary N) is 1. The summed E-state index contributed by atoms with van der Waals surface area (Å²) in [6.45, 7) is 6.55. The molecule has 0 aliphatic carbocycles. The number of hydrogen-bond acceptors (Lipinski definition) is 5. The molecular formula is C21H23N3O2S. The Labute approximate surface area is 163 Å². The summed E-state index contributed by atoms with van der Waals surface area (Å²) in [5, 5.41) is 11.4. The number of amides is 1. The topological polar surface area (TPSA) is 68.0 Å². The van der Waals surface area contributed by atoms with Crippen LogP contribution in [0.5, 0.6) is 0 Å². The number of carbonyl (C=O) groups is 1. The van der Waals surface area contributed by atoms with Gasteiger partial charge in [-0.3, -0.25) is 4.79 Å². The smallest absolute Gasteiger partial charge is 0.277 e. The molecule has 0 saturated heterocycles. The molecule has 27 heavy (non-hydrogen) atoms. The molecule has 2 aromatic carbocycles. The Morgan fingerprint density at radius 1 is 1.11 bits per heavy atom. The molecule has 1 atom stereocenters. The molecule has 0 fully saturated rings. The maximum atomic E-state index is 12.5. The monoisotopic (exact) mass is 381 g/mol. The van der Waals surface area contributed by atoms with E-state index in [1.165, 1.54) is 11.8 Å². The third-order valence-electron chi connectivity index (χ3n) is 4.09. The average Bonchev–Trinajstić information content (AvgIpc) is 3.13. The third-order valence-corrected chi connectivity index (χ3v) is 5.29. The van der Waals surface area contributed by atoms with Crippen LogP contribution < -0.4 is 5.32 Å².